The summed E-state index contributed by atoms with van der Waals surface area (Å²) in [6.07, 6.45) is 1.57. The van der Waals surface area contributed by atoms with Crippen LogP contribution in [0, 0.1) is 0 Å². The standard InChI is InChI=1S/C5H6BrN3O2/c6-4-3-7-8-9(4)2-1-5(10)11/h3H,1-2H2,(H,10,11). The molecule has 0 aliphatic rings. The first-order valence-electron chi connectivity index (χ1n) is 2.96. The predicted octanol–water partition coefficient (Wildman–Crippen LogP) is 0.515. The first-order valence-corrected chi connectivity index (χ1v) is 3.75. The van der Waals surface area contributed by atoms with E-state index in [1.807, 2.05) is 0 Å². The van der Waals surface area contributed by atoms with Crippen LogP contribution in [0.5, 0.6) is 0 Å². The highest BCUT2D eigenvalue weighted by molar-refractivity contribution is 9.10. The number of halogens is 1. The molecule has 1 aromatic rings. The maximum atomic E-state index is 10.1. The Kier molecular flexibility index (Phi) is 2.58. The van der Waals surface area contributed by atoms with Crippen molar-refractivity contribution < 1.29 is 9.90 Å². The van der Waals surface area contributed by atoms with Gasteiger partial charge in [0, 0.05) is 0 Å². The summed E-state index contributed by atoms with van der Waals surface area (Å²) >= 11 is 3.16. The zero-order chi connectivity index (χ0) is 8.27. The molecule has 60 valence electrons. The van der Waals surface area contributed by atoms with E-state index in [0.717, 1.165) is 0 Å². The number of hydrogen-bond donors (Lipinski definition) is 1. The van der Waals surface area contributed by atoms with E-state index in [9.17, 15) is 4.79 Å². The summed E-state index contributed by atoms with van der Waals surface area (Å²) in [6.45, 7) is 0.343. The van der Waals surface area contributed by atoms with Crippen molar-refractivity contribution in [1.82, 2.24) is 15.0 Å². The summed E-state index contributed by atoms with van der Waals surface area (Å²) in [5.41, 5.74) is 0. The van der Waals surface area contributed by atoms with Gasteiger partial charge in [-0.2, -0.15) is 0 Å². The molecule has 0 unspecified atom stereocenters. The van der Waals surface area contributed by atoms with Crippen molar-refractivity contribution in [2.24, 2.45) is 0 Å². The Bertz CT molecular complexity index is 260. The van der Waals surface area contributed by atoms with Crippen LogP contribution < -0.4 is 0 Å². The van der Waals surface area contributed by atoms with Crippen LogP contribution in [0.4, 0.5) is 0 Å². The van der Waals surface area contributed by atoms with E-state index in [4.69, 9.17) is 5.11 Å². The lowest BCUT2D eigenvalue weighted by Crippen LogP contribution is -2.06. The third-order valence-corrected chi connectivity index (χ3v) is 1.72. The topological polar surface area (TPSA) is 68.0 Å². The van der Waals surface area contributed by atoms with Gasteiger partial charge in [0.25, 0.3) is 0 Å². The number of aromatic nitrogens is 3. The molecule has 6 heteroatoms. The quantitative estimate of drug-likeness (QED) is 0.805. The minimum Gasteiger partial charge on any atom is -0.481 e. The van der Waals surface area contributed by atoms with Gasteiger partial charge >= 0.3 is 5.97 Å². The first-order chi connectivity index (χ1) is 5.20. The molecule has 0 fully saturated rings. The van der Waals surface area contributed by atoms with Gasteiger partial charge in [0.15, 0.2) is 0 Å². The summed E-state index contributed by atoms with van der Waals surface area (Å²) in [6, 6.07) is 0. The zero-order valence-corrected chi connectivity index (χ0v) is 7.15. The fraction of sp³-hybridized carbons (Fsp3) is 0.400. The maximum absolute atomic E-state index is 10.1. The van der Waals surface area contributed by atoms with Gasteiger partial charge in [-0.05, 0) is 15.9 Å². The molecule has 0 aliphatic carbocycles. The molecule has 0 saturated carbocycles. The van der Waals surface area contributed by atoms with E-state index in [1.165, 1.54) is 10.9 Å². The van der Waals surface area contributed by atoms with Crippen LogP contribution in [0.3, 0.4) is 0 Å². The number of carboxylic acid groups (broad SMARTS) is 1. The van der Waals surface area contributed by atoms with E-state index in [2.05, 4.69) is 26.2 Å². The predicted molar refractivity (Wildman–Crippen MR) is 40.0 cm³/mol. The number of nitrogens with zero attached hydrogens (tertiary/aromatic N) is 3. The smallest absolute Gasteiger partial charge is 0.305 e. The molecule has 0 radical (unpaired) electrons. The van der Waals surface area contributed by atoms with E-state index in [1.54, 1.807) is 0 Å². The van der Waals surface area contributed by atoms with Crippen molar-refractivity contribution in [3.63, 3.8) is 0 Å². The first kappa shape index (κ1) is 8.19. The number of carbonyl (C=O) groups is 1. The summed E-state index contributed by atoms with van der Waals surface area (Å²) < 4.78 is 2.17. The van der Waals surface area contributed by atoms with Gasteiger partial charge in [0.1, 0.15) is 4.60 Å². The SMILES string of the molecule is O=C(O)CCn1nncc1Br. The molecule has 0 spiro atoms. The second-order valence-electron chi connectivity index (χ2n) is 1.92. The molecular formula is C5H6BrN3O2. The summed E-state index contributed by atoms with van der Waals surface area (Å²) in [4.78, 5) is 10.1. The van der Waals surface area contributed by atoms with Crippen LogP contribution in [0.1, 0.15) is 6.42 Å². The lowest BCUT2D eigenvalue weighted by Gasteiger charge is -1.96. The van der Waals surface area contributed by atoms with Crippen LogP contribution in [0.15, 0.2) is 10.8 Å². The highest BCUT2D eigenvalue weighted by atomic mass is 79.9. The van der Waals surface area contributed by atoms with E-state index in [0.29, 0.717) is 11.1 Å². The van der Waals surface area contributed by atoms with Crippen molar-refractivity contribution in [1.29, 1.82) is 0 Å². The number of aryl methyl sites for hydroxylation is 1. The lowest BCUT2D eigenvalue weighted by atomic mass is 10.4. The van der Waals surface area contributed by atoms with Crippen LogP contribution in [-0.2, 0) is 11.3 Å². The van der Waals surface area contributed by atoms with Crippen LogP contribution in [0.25, 0.3) is 0 Å². The van der Waals surface area contributed by atoms with E-state index >= 15 is 0 Å². The molecule has 0 aromatic carbocycles. The van der Waals surface area contributed by atoms with E-state index in [-0.39, 0.29) is 6.42 Å². The summed E-state index contributed by atoms with van der Waals surface area (Å²) in [5, 5.41) is 15.5. The van der Waals surface area contributed by atoms with Gasteiger partial charge in [-0.3, -0.25) is 4.79 Å². The van der Waals surface area contributed by atoms with Crippen molar-refractivity contribution in [3.8, 4) is 0 Å². The molecule has 5 nitrogen and oxygen atoms in total. The largest absolute Gasteiger partial charge is 0.481 e. The second kappa shape index (κ2) is 3.47. The minimum atomic E-state index is -0.840. The highest BCUT2D eigenvalue weighted by Gasteiger charge is 2.01. The molecule has 0 saturated heterocycles. The summed E-state index contributed by atoms with van der Waals surface area (Å²) in [5.74, 6) is -0.840. The van der Waals surface area contributed by atoms with E-state index < -0.39 is 5.97 Å². The fourth-order valence-electron chi connectivity index (χ4n) is 0.598. The number of hydrogen-bond acceptors (Lipinski definition) is 3. The number of aliphatic carboxylic acids is 1. The second-order valence-corrected chi connectivity index (χ2v) is 2.74. The Labute approximate surface area is 71.1 Å². The molecular weight excluding hydrogens is 214 g/mol. The summed E-state index contributed by atoms with van der Waals surface area (Å²) in [7, 11) is 0. The van der Waals surface area contributed by atoms with Crippen LogP contribution in [0.2, 0.25) is 0 Å². The number of rotatable bonds is 3. The van der Waals surface area contributed by atoms with Gasteiger partial charge in [-0.15, -0.1) is 5.10 Å². The molecule has 1 N–H and O–H groups in total. The molecule has 1 rings (SSSR count). The van der Waals surface area contributed by atoms with Crippen molar-refractivity contribution in [3.05, 3.63) is 10.8 Å². The van der Waals surface area contributed by atoms with Gasteiger partial charge in [-0.1, -0.05) is 5.21 Å². The zero-order valence-electron chi connectivity index (χ0n) is 5.57. The molecule has 1 heterocycles. The molecule has 0 bridgehead atoms. The molecule has 0 atom stereocenters. The maximum Gasteiger partial charge on any atom is 0.305 e. The lowest BCUT2D eigenvalue weighted by molar-refractivity contribution is -0.137. The molecule has 0 aliphatic heterocycles. The molecule has 11 heavy (non-hydrogen) atoms. The highest BCUT2D eigenvalue weighted by Crippen LogP contribution is 2.05. The molecule has 1 aromatic heterocycles. The minimum absolute atomic E-state index is 0.0575. The monoisotopic (exact) mass is 219 g/mol. The van der Waals surface area contributed by atoms with Crippen molar-refractivity contribution in [2.45, 2.75) is 13.0 Å². The van der Waals surface area contributed by atoms with Crippen molar-refractivity contribution >= 4 is 21.9 Å². The van der Waals surface area contributed by atoms with Gasteiger partial charge in [0.05, 0.1) is 19.2 Å². The Morgan fingerprint density at radius 2 is 2.55 bits per heavy atom. The van der Waals surface area contributed by atoms with Gasteiger partial charge in [-0.25, -0.2) is 4.68 Å². The van der Waals surface area contributed by atoms with Gasteiger partial charge in [0.2, 0.25) is 0 Å². The Morgan fingerprint density at radius 1 is 1.82 bits per heavy atom. The Morgan fingerprint density at radius 3 is 3.00 bits per heavy atom. The Balaban J connectivity index is 2.51. The van der Waals surface area contributed by atoms with Gasteiger partial charge < -0.3 is 5.11 Å². The third kappa shape index (κ3) is 2.30. The Hall–Kier alpha value is -0.910. The molecule has 0 amide bonds. The fourth-order valence-corrected chi connectivity index (χ4v) is 0.938. The third-order valence-electron chi connectivity index (χ3n) is 1.11. The van der Waals surface area contributed by atoms with Crippen LogP contribution in [-0.4, -0.2) is 26.1 Å². The van der Waals surface area contributed by atoms with Crippen molar-refractivity contribution in [2.75, 3.05) is 0 Å². The average molecular weight is 220 g/mol. The normalized spacial score (nSPS) is 9.91. The number of carboxylic acids is 1. The van der Waals surface area contributed by atoms with Crippen LogP contribution >= 0.6 is 15.9 Å². The average Bonchev–Trinajstić information content (AvgIpc) is 2.31.